The Labute approximate surface area is 171 Å². The van der Waals surface area contributed by atoms with Crippen LogP contribution in [0.15, 0.2) is 35.8 Å². The fraction of sp³-hybridized carbons (Fsp3) is 0.526. The zero-order chi connectivity index (χ0) is 21.3. The zero-order valence-electron chi connectivity index (χ0n) is 15.9. The molecule has 2 N–H and O–H groups in total. The van der Waals surface area contributed by atoms with Gasteiger partial charge in [-0.15, -0.1) is 0 Å². The van der Waals surface area contributed by atoms with Crippen LogP contribution >= 0.6 is 11.8 Å². The van der Waals surface area contributed by atoms with E-state index >= 15 is 0 Å². The molecule has 0 saturated carbocycles. The number of aliphatic hydroxyl groups is 2. The van der Waals surface area contributed by atoms with E-state index in [1.54, 1.807) is 49.3 Å². The number of halogens is 3. The number of hydrogen-bond acceptors (Lipinski definition) is 7. The largest absolute Gasteiger partial charge is 0.417 e. The number of hydrogen-bond donors (Lipinski definition) is 2. The first-order chi connectivity index (χ1) is 13.6. The molecule has 0 aromatic heterocycles. The summed E-state index contributed by atoms with van der Waals surface area (Å²) in [6.45, 7) is 3.30. The van der Waals surface area contributed by atoms with Crippen molar-refractivity contribution in [3.05, 3.63) is 42.0 Å². The summed E-state index contributed by atoms with van der Waals surface area (Å²) in [7, 11) is 3.45. The number of amidine groups is 1. The molecule has 0 spiro atoms. The molecule has 3 rings (SSSR count). The van der Waals surface area contributed by atoms with Gasteiger partial charge in [-0.25, -0.2) is 0 Å². The van der Waals surface area contributed by atoms with E-state index in [-0.39, 0.29) is 6.61 Å². The topological polar surface area (TPSA) is 74.5 Å². The third kappa shape index (κ3) is 4.77. The van der Waals surface area contributed by atoms with Gasteiger partial charge in [0.15, 0.2) is 11.3 Å². The summed E-state index contributed by atoms with van der Waals surface area (Å²) in [5.41, 5.74) is 0.523. The molecule has 29 heavy (non-hydrogen) atoms. The lowest BCUT2D eigenvalue weighted by atomic mass is 9.94. The number of ether oxygens (including phenoxy) is 2. The van der Waals surface area contributed by atoms with E-state index in [2.05, 4.69) is 11.6 Å². The van der Waals surface area contributed by atoms with Crippen LogP contribution in [0.1, 0.15) is 11.1 Å². The second-order valence-electron chi connectivity index (χ2n) is 7.08. The summed E-state index contributed by atoms with van der Waals surface area (Å²) in [5, 5.41) is 21.2. The first-order valence-corrected chi connectivity index (χ1v) is 9.83. The molecule has 0 radical (unpaired) electrons. The molecule has 6 unspecified atom stereocenters. The maximum Gasteiger partial charge on any atom is 0.417 e. The first kappa shape index (κ1) is 22.1. The molecule has 10 heteroatoms. The lowest BCUT2D eigenvalue weighted by Gasteiger charge is -2.41. The van der Waals surface area contributed by atoms with E-state index in [4.69, 9.17) is 9.47 Å². The second-order valence-corrected chi connectivity index (χ2v) is 8.15. The number of thioether (sulfide) groups is 1. The van der Waals surface area contributed by atoms with Gasteiger partial charge < -0.3 is 24.6 Å². The SMILES string of the molecule is C=Cc1ccc(COC(C2OC3SC(N(C)C)=NC3C(O)C2O)C(F)(F)F)cc1. The standard InChI is InChI=1S/C19H23F3N2O4S/c1-4-10-5-7-11(8-6-10)9-27-16(19(20,21)22)15-14(26)13(25)12-17(28-15)29-18(23-12)24(2)3/h4-8,12-17,25-26H,1,9H2,2-3H3. The van der Waals surface area contributed by atoms with E-state index in [0.29, 0.717) is 10.7 Å². The van der Waals surface area contributed by atoms with Crippen LogP contribution in [-0.2, 0) is 16.1 Å². The monoisotopic (exact) mass is 432 g/mol. The molecule has 0 bridgehead atoms. The third-order valence-electron chi connectivity index (χ3n) is 4.74. The van der Waals surface area contributed by atoms with Crippen molar-refractivity contribution in [1.29, 1.82) is 0 Å². The quantitative estimate of drug-likeness (QED) is 0.744. The number of benzene rings is 1. The summed E-state index contributed by atoms with van der Waals surface area (Å²) in [6.07, 6.45) is -10.6. The summed E-state index contributed by atoms with van der Waals surface area (Å²) < 4.78 is 51.8. The number of fused-ring (bicyclic) bond motifs is 1. The van der Waals surface area contributed by atoms with Crippen LogP contribution in [-0.4, -0.2) is 76.4 Å². The molecule has 0 aliphatic carbocycles. The van der Waals surface area contributed by atoms with Gasteiger partial charge in [0.05, 0.1) is 6.61 Å². The van der Waals surface area contributed by atoms with Gasteiger partial charge in [0, 0.05) is 14.1 Å². The van der Waals surface area contributed by atoms with Crippen molar-refractivity contribution in [1.82, 2.24) is 4.90 Å². The molecule has 2 aliphatic heterocycles. The van der Waals surface area contributed by atoms with E-state index in [0.717, 1.165) is 17.3 Å². The van der Waals surface area contributed by atoms with Crippen LogP contribution in [0, 0.1) is 0 Å². The van der Waals surface area contributed by atoms with Crippen molar-refractivity contribution in [2.45, 2.75) is 48.7 Å². The van der Waals surface area contributed by atoms with Gasteiger partial charge in [-0.05, 0) is 11.1 Å². The van der Waals surface area contributed by atoms with Crippen LogP contribution in [0.2, 0.25) is 0 Å². The normalized spacial score (nSPS) is 30.4. The smallest absolute Gasteiger partial charge is 0.388 e. The van der Waals surface area contributed by atoms with Crippen molar-refractivity contribution in [3.8, 4) is 0 Å². The second kappa shape index (κ2) is 8.65. The van der Waals surface area contributed by atoms with Crippen molar-refractivity contribution in [2.75, 3.05) is 14.1 Å². The van der Waals surface area contributed by atoms with E-state index in [1.807, 2.05) is 0 Å². The highest BCUT2D eigenvalue weighted by molar-refractivity contribution is 8.14. The van der Waals surface area contributed by atoms with Crippen molar-refractivity contribution >= 4 is 23.0 Å². The average molecular weight is 432 g/mol. The Morgan fingerprint density at radius 2 is 1.93 bits per heavy atom. The summed E-state index contributed by atoms with van der Waals surface area (Å²) in [6, 6.07) is 5.85. The first-order valence-electron chi connectivity index (χ1n) is 8.95. The number of nitrogens with zero attached hydrogens (tertiary/aromatic N) is 2. The predicted octanol–water partition coefficient (Wildman–Crippen LogP) is 2.26. The summed E-state index contributed by atoms with van der Waals surface area (Å²) >= 11 is 1.11. The maximum absolute atomic E-state index is 13.7. The van der Waals surface area contributed by atoms with E-state index in [1.165, 1.54) is 0 Å². The minimum atomic E-state index is -4.80. The fourth-order valence-corrected chi connectivity index (χ4v) is 4.30. The Kier molecular flexibility index (Phi) is 6.59. The molecule has 1 aromatic carbocycles. The Balaban J connectivity index is 1.75. The van der Waals surface area contributed by atoms with Crippen molar-refractivity contribution in [3.63, 3.8) is 0 Å². The number of rotatable bonds is 5. The number of aliphatic imine (C=N–C) groups is 1. The average Bonchev–Trinajstić information content (AvgIpc) is 3.10. The molecule has 6 nitrogen and oxygen atoms in total. The van der Waals surface area contributed by atoms with Gasteiger partial charge in [0.1, 0.15) is 29.8 Å². The molecule has 1 fully saturated rings. The fourth-order valence-electron chi connectivity index (χ4n) is 3.15. The molecule has 1 aromatic rings. The molecule has 0 amide bonds. The highest BCUT2D eigenvalue weighted by atomic mass is 32.2. The molecular weight excluding hydrogens is 409 g/mol. The minimum absolute atomic E-state index is 0.328. The van der Waals surface area contributed by atoms with Gasteiger partial charge in [-0.1, -0.05) is 48.7 Å². The number of alkyl halides is 3. The molecule has 2 heterocycles. The van der Waals surface area contributed by atoms with Gasteiger partial charge in [0.25, 0.3) is 0 Å². The minimum Gasteiger partial charge on any atom is -0.388 e. The van der Waals surface area contributed by atoms with Gasteiger partial charge >= 0.3 is 6.18 Å². The van der Waals surface area contributed by atoms with Crippen LogP contribution in [0.5, 0.6) is 0 Å². The molecule has 6 atom stereocenters. The third-order valence-corrected chi connectivity index (χ3v) is 6.04. The molecule has 2 aliphatic rings. The van der Waals surface area contributed by atoms with Crippen LogP contribution in [0.3, 0.4) is 0 Å². The highest BCUT2D eigenvalue weighted by Gasteiger charge is 2.57. The Morgan fingerprint density at radius 1 is 1.28 bits per heavy atom. The molecular formula is C19H23F3N2O4S. The van der Waals surface area contributed by atoms with Gasteiger partial charge in [-0.3, -0.25) is 4.99 Å². The van der Waals surface area contributed by atoms with E-state index < -0.39 is 42.1 Å². The summed E-state index contributed by atoms with van der Waals surface area (Å²) in [5.74, 6) is 0. The van der Waals surface area contributed by atoms with Crippen LogP contribution in [0.4, 0.5) is 13.2 Å². The number of aliphatic hydroxyl groups excluding tert-OH is 2. The molecule has 160 valence electrons. The van der Waals surface area contributed by atoms with E-state index in [9.17, 15) is 23.4 Å². The van der Waals surface area contributed by atoms with Crippen molar-refractivity contribution in [2.24, 2.45) is 4.99 Å². The molecule has 1 saturated heterocycles. The van der Waals surface area contributed by atoms with Gasteiger partial charge in [-0.2, -0.15) is 13.2 Å². The lowest BCUT2D eigenvalue weighted by molar-refractivity contribution is -0.286. The predicted molar refractivity (Wildman–Crippen MR) is 104 cm³/mol. The summed E-state index contributed by atoms with van der Waals surface area (Å²) in [4.78, 5) is 5.92. The Morgan fingerprint density at radius 3 is 2.48 bits per heavy atom. The Hall–Kier alpha value is -1.59. The highest BCUT2D eigenvalue weighted by Crippen LogP contribution is 2.41. The van der Waals surface area contributed by atoms with Gasteiger partial charge in [0.2, 0.25) is 0 Å². The zero-order valence-corrected chi connectivity index (χ0v) is 16.7. The Bertz CT molecular complexity index is 757. The maximum atomic E-state index is 13.7. The van der Waals surface area contributed by atoms with Crippen LogP contribution < -0.4 is 0 Å². The lowest BCUT2D eigenvalue weighted by Crippen LogP contribution is -2.61. The van der Waals surface area contributed by atoms with Crippen LogP contribution in [0.25, 0.3) is 6.08 Å². The van der Waals surface area contributed by atoms with Crippen molar-refractivity contribution < 1.29 is 32.9 Å².